The van der Waals surface area contributed by atoms with Crippen LogP contribution in [-0.2, 0) is 17.6 Å². The highest BCUT2D eigenvalue weighted by atomic mass is 32.1. The number of amides is 1. The first kappa shape index (κ1) is 21.9. The number of aromatic nitrogens is 3. The van der Waals surface area contributed by atoms with Crippen LogP contribution < -0.4 is 5.32 Å². The van der Waals surface area contributed by atoms with Crippen molar-refractivity contribution in [1.82, 2.24) is 15.1 Å². The van der Waals surface area contributed by atoms with E-state index in [4.69, 9.17) is 4.52 Å². The lowest BCUT2D eigenvalue weighted by atomic mass is 10.1. The molecule has 1 amide bonds. The van der Waals surface area contributed by atoms with Gasteiger partial charge in [0.05, 0.1) is 23.4 Å². The van der Waals surface area contributed by atoms with Gasteiger partial charge in [0.25, 0.3) is 5.89 Å². The van der Waals surface area contributed by atoms with E-state index in [2.05, 4.69) is 51.6 Å². The predicted octanol–water partition coefficient (Wildman–Crippen LogP) is 6.04. The molecular weight excluding hydrogens is 420 g/mol. The summed E-state index contributed by atoms with van der Waals surface area (Å²) in [5, 5.41) is 9.93. The second-order valence-electron chi connectivity index (χ2n) is 8.03. The summed E-state index contributed by atoms with van der Waals surface area (Å²) < 4.78 is 5.45. The first-order valence-corrected chi connectivity index (χ1v) is 11.6. The Morgan fingerprint density at radius 3 is 2.59 bits per heavy atom. The van der Waals surface area contributed by atoms with Crippen LogP contribution in [0.5, 0.6) is 0 Å². The number of carbonyl (C=O) groups is 1. The van der Waals surface area contributed by atoms with E-state index in [9.17, 15) is 4.79 Å². The monoisotopic (exact) mass is 446 g/mol. The molecule has 2 aromatic carbocycles. The summed E-state index contributed by atoms with van der Waals surface area (Å²) >= 11 is 1.55. The van der Waals surface area contributed by atoms with Gasteiger partial charge in [0, 0.05) is 16.9 Å². The maximum absolute atomic E-state index is 12.8. The van der Waals surface area contributed by atoms with E-state index in [1.807, 2.05) is 44.4 Å². The lowest BCUT2D eigenvalue weighted by molar-refractivity contribution is -0.115. The molecule has 1 N–H and O–H groups in total. The molecule has 7 heteroatoms. The molecule has 6 nitrogen and oxygen atoms in total. The minimum Gasteiger partial charge on any atom is -0.334 e. The molecule has 4 rings (SSSR count). The molecule has 0 fully saturated rings. The van der Waals surface area contributed by atoms with Crippen LogP contribution in [0.2, 0.25) is 0 Å². The number of benzene rings is 2. The summed E-state index contributed by atoms with van der Waals surface area (Å²) in [6, 6.07) is 14.1. The lowest BCUT2D eigenvalue weighted by Crippen LogP contribution is -2.16. The molecule has 0 aliphatic carbocycles. The number of nitrogens with one attached hydrogen (secondary N) is 1. The van der Waals surface area contributed by atoms with E-state index in [0.717, 1.165) is 28.2 Å². The van der Waals surface area contributed by atoms with Gasteiger partial charge in [-0.1, -0.05) is 62.3 Å². The highest BCUT2D eigenvalue weighted by Crippen LogP contribution is 2.31. The molecule has 164 valence electrons. The van der Waals surface area contributed by atoms with Crippen LogP contribution in [0.3, 0.4) is 0 Å². The molecule has 0 bridgehead atoms. The van der Waals surface area contributed by atoms with Crippen molar-refractivity contribution in [2.75, 3.05) is 5.32 Å². The minimum atomic E-state index is -0.137. The van der Waals surface area contributed by atoms with Crippen molar-refractivity contribution in [2.45, 2.75) is 46.5 Å². The second-order valence-corrected chi connectivity index (χ2v) is 8.89. The number of carbonyl (C=O) groups excluding carboxylic acids is 1. The van der Waals surface area contributed by atoms with Crippen molar-refractivity contribution < 1.29 is 9.32 Å². The smallest absolute Gasteiger partial charge is 0.260 e. The van der Waals surface area contributed by atoms with Gasteiger partial charge >= 0.3 is 0 Å². The summed E-state index contributed by atoms with van der Waals surface area (Å²) in [6.45, 7) is 8.10. The maximum atomic E-state index is 12.8. The molecule has 2 aromatic heterocycles. The topological polar surface area (TPSA) is 80.9 Å². The number of thiazole rings is 1. The van der Waals surface area contributed by atoms with Crippen molar-refractivity contribution in [1.29, 1.82) is 0 Å². The molecule has 0 saturated carbocycles. The number of para-hydroxylation sites is 1. The van der Waals surface area contributed by atoms with E-state index in [1.165, 1.54) is 5.56 Å². The molecule has 2 heterocycles. The van der Waals surface area contributed by atoms with Gasteiger partial charge in [0.15, 0.2) is 5.82 Å². The first-order chi connectivity index (χ1) is 15.4. The fraction of sp³-hybridized carbons (Fsp3) is 0.280. The van der Waals surface area contributed by atoms with Crippen molar-refractivity contribution in [3.8, 4) is 22.0 Å². The quantitative estimate of drug-likeness (QED) is 0.374. The molecule has 0 aliphatic rings. The van der Waals surface area contributed by atoms with Gasteiger partial charge in [-0.15, -0.1) is 11.3 Å². The fourth-order valence-corrected chi connectivity index (χ4v) is 4.17. The molecule has 0 radical (unpaired) electrons. The van der Waals surface area contributed by atoms with Crippen molar-refractivity contribution >= 4 is 22.9 Å². The molecule has 32 heavy (non-hydrogen) atoms. The number of anilines is 1. The average Bonchev–Trinajstić information content (AvgIpc) is 3.45. The zero-order valence-electron chi connectivity index (χ0n) is 18.7. The minimum absolute atomic E-state index is 0.137. The largest absolute Gasteiger partial charge is 0.334 e. The third-order valence-electron chi connectivity index (χ3n) is 5.23. The van der Waals surface area contributed by atoms with E-state index in [-0.39, 0.29) is 18.2 Å². The van der Waals surface area contributed by atoms with Gasteiger partial charge in [0.1, 0.15) is 5.01 Å². The number of nitrogens with zero attached hydrogens (tertiary/aromatic N) is 3. The third kappa shape index (κ3) is 4.78. The van der Waals surface area contributed by atoms with Gasteiger partial charge in [0.2, 0.25) is 5.91 Å². The van der Waals surface area contributed by atoms with E-state index in [1.54, 1.807) is 11.3 Å². The molecule has 0 atom stereocenters. The predicted molar refractivity (Wildman–Crippen MR) is 128 cm³/mol. The molecule has 4 aromatic rings. The van der Waals surface area contributed by atoms with E-state index in [0.29, 0.717) is 23.0 Å². The first-order valence-electron chi connectivity index (χ1n) is 10.7. The van der Waals surface area contributed by atoms with Crippen LogP contribution in [0.15, 0.2) is 52.4 Å². The maximum Gasteiger partial charge on any atom is 0.260 e. The van der Waals surface area contributed by atoms with Gasteiger partial charge < -0.3 is 9.84 Å². The van der Waals surface area contributed by atoms with Gasteiger partial charge in [-0.3, -0.25) is 4.79 Å². The zero-order chi connectivity index (χ0) is 22.7. The summed E-state index contributed by atoms with van der Waals surface area (Å²) in [5.41, 5.74) is 5.43. The van der Waals surface area contributed by atoms with Crippen LogP contribution in [0.4, 0.5) is 5.69 Å². The zero-order valence-corrected chi connectivity index (χ0v) is 19.5. The highest BCUT2D eigenvalue weighted by Gasteiger charge is 2.18. The Bertz CT molecular complexity index is 1220. The van der Waals surface area contributed by atoms with Crippen molar-refractivity contribution in [3.63, 3.8) is 0 Å². The van der Waals surface area contributed by atoms with E-state index >= 15 is 0 Å². The summed E-state index contributed by atoms with van der Waals surface area (Å²) in [4.78, 5) is 22.0. The second kappa shape index (κ2) is 9.44. The van der Waals surface area contributed by atoms with Crippen molar-refractivity contribution in [2.24, 2.45) is 0 Å². The molecule has 0 spiro atoms. The molecule has 0 aliphatic heterocycles. The Morgan fingerprint density at radius 2 is 1.91 bits per heavy atom. The van der Waals surface area contributed by atoms with Gasteiger partial charge in [-0.25, -0.2) is 4.98 Å². The van der Waals surface area contributed by atoms with Gasteiger partial charge in [-0.2, -0.15) is 4.98 Å². The Balaban J connectivity index is 1.50. The van der Waals surface area contributed by atoms with Crippen LogP contribution in [0.1, 0.15) is 49.3 Å². The Hall–Kier alpha value is -3.32. The van der Waals surface area contributed by atoms with Gasteiger partial charge in [-0.05, 0) is 30.5 Å². The average molecular weight is 447 g/mol. The molecule has 0 saturated heterocycles. The lowest BCUT2D eigenvalue weighted by Gasteiger charge is -2.11. The van der Waals surface area contributed by atoms with Crippen LogP contribution in [-0.4, -0.2) is 21.0 Å². The SMILES string of the molecule is CCc1ccc(-c2nc(CC(=O)Nc3c(C)cccc3-c3nc(C(C)C)no3)cs2)cc1. The number of hydrogen-bond donors (Lipinski definition) is 1. The summed E-state index contributed by atoms with van der Waals surface area (Å²) in [5.74, 6) is 1.06. The molecular formula is C25H26N4O2S. The standard InChI is InChI=1S/C25H26N4O2S/c1-5-17-9-11-18(12-10-17)25-26-19(14-32-25)13-21(30)27-22-16(4)7-6-8-20(22)24-28-23(15(2)3)29-31-24/h6-12,14-15H,5,13H2,1-4H3,(H,27,30). The number of hydrogen-bond acceptors (Lipinski definition) is 6. The van der Waals surface area contributed by atoms with Crippen molar-refractivity contribution in [3.05, 3.63) is 70.5 Å². The Morgan fingerprint density at radius 1 is 1.12 bits per heavy atom. The fourth-order valence-electron chi connectivity index (χ4n) is 3.34. The Kier molecular flexibility index (Phi) is 6.46. The number of rotatable bonds is 7. The highest BCUT2D eigenvalue weighted by molar-refractivity contribution is 7.13. The van der Waals surface area contributed by atoms with E-state index < -0.39 is 0 Å². The van der Waals surface area contributed by atoms with Crippen LogP contribution in [0, 0.1) is 6.92 Å². The summed E-state index contributed by atoms with van der Waals surface area (Å²) in [6.07, 6.45) is 1.20. The summed E-state index contributed by atoms with van der Waals surface area (Å²) in [7, 11) is 0. The Labute approximate surface area is 191 Å². The van der Waals surface area contributed by atoms with Crippen LogP contribution in [0.25, 0.3) is 22.0 Å². The number of aryl methyl sites for hydroxylation is 2. The molecule has 0 unspecified atom stereocenters. The normalized spacial score (nSPS) is 11.2. The van der Waals surface area contributed by atoms with Crippen LogP contribution >= 0.6 is 11.3 Å². The third-order valence-corrected chi connectivity index (χ3v) is 6.17.